The van der Waals surface area contributed by atoms with E-state index in [1.807, 2.05) is 0 Å². The second-order valence-electron chi connectivity index (χ2n) is 7.88. The predicted molar refractivity (Wildman–Crippen MR) is 120 cm³/mol. The molecule has 0 fully saturated rings. The normalized spacial score (nSPS) is 14.5. The second kappa shape index (κ2) is 15.1. The first kappa shape index (κ1) is 30.1. The minimum Gasteiger partial charge on any atom is -0.481 e. The molecule has 13 nitrogen and oxygen atoms in total. The van der Waals surface area contributed by atoms with Crippen molar-refractivity contribution in [1.29, 1.82) is 0 Å². The van der Waals surface area contributed by atoms with Gasteiger partial charge in [0, 0.05) is 18.6 Å². The first-order valence-corrected chi connectivity index (χ1v) is 10.9. The SMILES string of the molecule is CC(C)CC(NC(=O)C(CCC(=O)O)NC(=O)C(CCC(N)=O)NC(=O)C(N)CS)C(=O)O. The highest BCUT2D eigenvalue weighted by molar-refractivity contribution is 7.80. The van der Waals surface area contributed by atoms with Crippen molar-refractivity contribution in [3.63, 3.8) is 0 Å². The van der Waals surface area contributed by atoms with E-state index in [0.717, 1.165) is 0 Å². The largest absolute Gasteiger partial charge is 0.481 e. The molecule has 0 heterocycles. The summed E-state index contributed by atoms with van der Waals surface area (Å²) in [6.45, 7) is 3.51. The van der Waals surface area contributed by atoms with Crippen LogP contribution < -0.4 is 27.4 Å². The number of nitrogens with one attached hydrogen (secondary N) is 3. The van der Waals surface area contributed by atoms with Gasteiger partial charge in [0.05, 0.1) is 6.04 Å². The van der Waals surface area contributed by atoms with Crippen LogP contribution in [0.1, 0.15) is 46.0 Å². The number of rotatable bonds is 16. The van der Waals surface area contributed by atoms with Crippen LogP contribution in [0.15, 0.2) is 0 Å². The smallest absolute Gasteiger partial charge is 0.326 e. The fourth-order valence-corrected chi connectivity index (χ4v) is 2.86. The number of carbonyl (C=O) groups excluding carboxylic acids is 4. The van der Waals surface area contributed by atoms with Crippen molar-refractivity contribution in [3.8, 4) is 0 Å². The number of carboxylic acids is 2. The topological polar surface area (TPSA) is 231 Å². The van der Waals surface area contributed by atoms with Crippen molar-refractivity contribution in [2.75, 3.05) is 5.75 Å². The predicted octanol–water partition coefficient (Wildman–Crippen LogP) is -2.04. The van der Waals surface area contributed by atoms with Crippen LogP contribution in [0, 0.1) is 5.92 Å². The maximum atomic E-state index is 12.8. The lowest BCUT2D eigenvalue weighted by Crippen LogP contribution is -2.57. The summed E-state index contributed by atoms with van der Waals surface area (Å²) >= 11 is 3.90. The Morgan fingerprint density at radius 2 is 1.27 bits per heavy atom. The zero-order valence-corrected chi connectivity index (χ0v) is 19.5. The minimum absolute atomic E-state index is 0.0218. The molecule has 14 heteroatoms. The van der Waals surface area contributed by atoms with Gasteiger partial charge in [0.1, 0.15) is 18.1 Å². The van der Waals surface area contributed by atoms with Gasteiger partial charge in [-0.25, -0.2) is 4.79 Å². The van der Waals surface area contributed by atoms with E-state index in [-0.39, 0.29) is 37.4 Å². The van der Waals surface area contributed by atoms with Gasteiger partial charge in [-0.1, -0.05) is 13.8 Å². The third-order valence-corrected chi connectivity index (χ3v) is 4.84. The lowest BCUT2D eigenvalue weighted by atomic mass is 10.0. The number of nitrogens with two attached hydrogens (primary N) is 2. The number of hydrogen-bond acceptors (Lipinski definition) is 8. The summed E-state index contributed by atoms with van der Waals surface area (Å²) in [5.41, 5.74) is 10.7. The van der Waals surface area contributed by atoms with E-state index < -0.39 is 66.2 Å². The molecule has 4 unspecified atom stereocenters. The molecule has 4 amide bonds. The van der Waals surface area contributed by atoms with E-state index in [2.05, 4.69) is 28.6 Å². The van der Waals surface area contributed by atoms with E-state index >= 15 is 0 Å². The Kier molecular flexibility index (Phi) is 13.7. The molecule has 0 rings (SSSR count). The molecule has 0 aromatic carbocycles. The Balaban J connectivity index is 5.58. The molecule has 0 aromatic rings. The van der Waals surface area contributed by atoms with Crippen molar-refractivity contribution < 1.29 is 39.0 Å². The highest BCUT2D eigenvalue weighted by atomic mass is 32.1. The first-order chi connectivity index (χ1) is 15.3. The Hall–Kier alpha value is -2.87. The molecule has 0 aliphatic heterocycles. The van der Waals surface area contributed by atoms with Crippen LogP contribution >= 0.6 is 12.6 Å². The zero-order valence-electron chi connectivity index (χ0n) is 18.6. The van der Waals surface area contributed by atoms with E-state index in [1.54, 1.807) is 13.8 Å². The standard InChI is InChI=1S/C19H33N5O8S/c1-9(2)7-13(19(31)32)24-18(30)12(4-6-15(26)27)23-17(29)11(3-5-14(21)25)22-16(28)10(20)8-33/h9-13,33H,3-8,20H2,1-2H3,(H2,21,25)(H,22,28)(H,23,29)(H,24,30)(H,26,27)(H,31,32). The quantitative estimate of drug-likeness (QED) is 0.111. The number of amides is 4. The number of aliphatic carboxylic acids is 2. The molecule has 0 saturated carbocycles. The molecule has 0 radical (unpaired) electrons. The van der Waals surface area contributed by atoms with Crippen LogP contribution in [0.5, 0.6) is 0 Å². The average molecular weight is 492 g/mol. The molecule has 0 aliphatic carbocycles. The summed E-state index contributed by atoms with van der Waals surface area (Å²) in [5.74, 6) is -5.87. The third-order valence-electron chi connectivity index (χ3n) is 4.45. The van der Waals surface area contributed by atoms with Crippen molar-refractivity contribution >= 4 is 48.2 Å². The molecule has 188 valence electrons. The highest BCUT2D eigenvalue weighted by Gasteiger charge is 2.30. The van der Waals surface area contributed by atoms with Crippen molar-refractivity contribution in [3.05, 3.63) is 0 Å². The fourth-order valence-electron chi connectivity index (χ4n) is 2.69. The van der Waals surface area contributed by atoms with Gasteiger partial charge < -0.3 is 37.6 Å². The number of carboxylic acid groups (broad SMARTS) is 2. The van der Waals surface area contributed by atoms with E-state index in [4.69, 9.17) is 16.6 Å². The van der Waals surface area contributed by atoms with Crippen LogP contribution in [-0.2, 0) is 28.8 Å². The summed E-state index contributed by atoms with van der Waals surface area (Å²) in [6.07, 6.45) is -1.20. The second-order valence-corrected chi connectivity index (χ2v) is 8.24. The molecular formula is C19H33N5O8S. The van der Waals surface area contributed by atoms with E-state index in [0.29, 0.717) is 0 Å². The van der Waals surface area contributed by atoms with Gasteiger partial charge in [0.2, 0.25) is 23.6 Å². The number of carbonyl (C=O) groups is 6. The maximum Gasteiger partial charge on any atom is 0.326 e. The monoisotopic (exact) mass is 491 g/mol. The van der Waals surface area contributed by atoms with Crippen LogP contribution in [0.25, 0.3) is 0 Å². The summed E-state index contributed by atoms with van der Waals surface area (Å²) in [5, 5.41) is 25.3. The van der Waals surface area contributed by atoms with Crippen molar-refractivity contribution in [1.82, 2.24) is 16.0 Å². The molecule has 0 bridgehead atoms. The minimum atomic E-state index is -1.41. The first-order valence-electron chi connectivity index (χ1n) is 10.3. The van der Waals surface area contributed by atoms with Gasteiger partial charge in [-0.05, 0) is 25.2 Å². The third kappa shape index (κ3) is 12.7. The Morgan fingerprint density at radius 1 is 0.818 bits per heavy atom. The van der Waals surface area contributed by atoms with Crippen LogP contribution in [-0.4, -0.2) is 75.7 Å². The molecule has 4 atom stereocenters. The summed E-state index contributed by atoms with van der Waals surface area (Å²) in [4.78, 5) is 71.1. The Labute approximate surface area is 196 Å². The molecule has 33 heavy (non-hydrogen) atoms. The molecule has 0 aromatic heterocycles. The summed E-state index contributed by atoms with van der Waals surface area (Å²) < 4.78 is 0. The molecule has 0 aliphatic rings. The Morgan fingerprint density at radius 3 is 1.67 bits per heavy atom. The molecule has 0 spiro atoms. The molecule has 9 N–H and O–H groups in total. The average Bonchev–Trinajstić information content (AvgIpc) is 2.71. The highest BCUT2D eigenvalue weighted by Crippen LogP contribution is 2.08. The summed E-state index contributed by atoms with van der Waals surface area (Å²) in [6, 6.07) is -5.01. The van der Waals surface area contributed by atoms with Gasteiger partial charge >= 0.3 is 11.9 Å². The zero-order chi connectivity index (χ0) is 25.7. The van der Waals surface area contributed by atoms with Gasteiger partial charge in [-0.15, -0.1) is 0 Å². The van der Waals surface area contributed by atoms with Crippen molar-refractivity contribution in [2.24, 2.45) is 17.4 Å². The Bertz CT molecular complexity index is 733. The van der Waals surface area contributed by atoms with Crippen LogP contribution in [0.2, 0.25) is 0 Å². The molecular weight excluding hydrogens is 458 g/mol. The maximum absolute atomic E-state index is 12.8. The lowest BCUT2D eigenvalue weighted by molar-refractivity contribution is -0.143. The van der Waals surface area contributed by atoms with E-state index in [1.165, 1.54) is 0 Å². The van der Waals surface area contributed by atoms with Gasteiger partial charge in [-0.2, -0.15) is 12.6 Å². The van der Waals surface area contributed by atoms with E-state index in [9.17, 15) is 33.9 Å². The van der Waals surface area contributed by atoms with Gasteiger partial charge in [-0.3, -0.25) is 24.0 Å². The number of primary amides is 1. The summed E-state index contributed by atoms with van der Waals surface area (Å²) in [7, 11) is 0. The fraction of sp³-hybridized carbons (Fsp3) is 0.684. The molecule has 0 saturated heterocycles. The van der Waals surface area contributed by atoms with Crippen LogP contribution in [0.3, 0.4) is 0 Å². The van der Waals surface area contributed by atoms with Gasteiger partial charge in [0.25, 0.3) is 0 Å². The number of hydrogen-bond donors (Lipinski definition) is 8. The van der Waals surface area contributed by atoms with Crippen molar-refractivity contribution in [2.45, 2.75) is 70.1 Å². The lowest BCUT2D eigenvalue weighted by Gasteiger charge is -2.25. The number of thiol groups is 1. The van der Waals surface area contributed by atoms with Gasteiger partial charge in [0.15, 0.2) is 0 Å². The van der Waals surface area contributed by atoms with Crippen LogP contribution in [0.4, 0.5) is 0 Å².